The number of hydrogen-bond acceptors (Lipinski definition) is 3. The molecule has 0 atom stereocenters. The molecule has 4 heteroatoms. The Morgan fingerprint density at radius 3 is 2.29 bits per heavy atom. The average molecular weight is 291 g/mol. The molecule has 21 heavy (non-hydrogen) atoms. The van der Waals surface area contributed by atoms with E-state index in [1.807, 2.05) is 24.3 Å². The normalized spacial score (nSPS) is 17.0. The molecule has 1 aromatic rings. The first-order valence-electron chi connectivity index (χ1n) is 7.90. The second kappa shape index (κ2) is 8.67. The second-order valence-electron chi connectivity index (χ2n) is 5.67. The van der Waals surface area contributed by atoms with E-state index in [4.69, 9.17) is 9.84 Å². The van der Waals surface area contributed by atoms with Crippen LogP contribution < -0.4 is 4.74 Å². The van der Waals surface area contributed by atoms with Crippen molar-refractivity contribution in [3.8, 4) is 5.75 Å². The van der Waals surface area contributed by atoms with E-state index in [1.165, 1.54) is 45.2 Å². The fourth-order valence-electron chi connectivity index (χ4n) is 2.71. The molecular formula is C17H25NO3. The molecule has 1 N–H and O–H groups in total. The van der Waals surface area contributed by atoms with Crippen LogP contribution in [0.5, 0.6) is 5.75 Å². The maximum atomic E-state index is 10.6. The molecular weight excluding hydrogens is 266 g/mol. The topological polar surface area (TPSA) is 49.8 Å². The van der Waals surface area contributed by atoms with Crippen molar-refractivity contribution < 1.29 is 14.6 Å². The molecule has 1 aliphatic rings. The number of hydrogen-bond donors (Lipinski definition) is 1. The fraction of sp³-hybridized carbons (Fsp3) is 0.588. The van der Waals surface area contributed by atoms with Crippen LogP contribution in [0.2, 0.25) is 0 Å². The van der Waals surface area contributed by atoms with E-state index >= 15 is 0 Å². The van der Waals surface area contributed by atoms with Gasteiger partial charge in [-0.1, -0.05) is 31.4 Å². The Labute approximate surface area is 126 Å². The molecule has 1 aliphatic heterocycles. The van der Waals surface area contributed by atoms with Gasteiger partial charge in [0.05, 0.1) is 6.42 Å². The molecule has 0 bridgehead atoms. The van der Waals surface area contributed by atoms with Crippen molar-refractivity contribution >= 4 is 5.97 Å². The Morgan fingerprint density at radius 1 is 1.05 bits per heavy atom. The molecule has 4 nitrogen and oxygen atoms in total. The number of ether oxygens (including phenoxy) is 1. The Bertz CT molecular complexity index is 422. The van der Waals surface area contributed by atoms with Gasteiger partial charge in [-0.3, -0.25) is 9.69 Å². The highest BCUT2D eigenvalue weighted by atomic mass is 16.5. The standard InChI is InChI=1S/C17H25NO3/c19-17(20)14-15-6-8-16(9-7-15)21-13-12-18-10-4-2-1-3-5-11-18/h6-9H,1-5,10-14H2,(H,19,20). The Balaban J connectivity index is 1.71. The zero-order chi connectivity index (χ0) is 14.9. The van der Waals surface area contributed by atoms with E-state index in [2.05, 4.69) is 4.90 Å². The van der Waals surface area contributed by atoms with Gasteiger partial charge in [-0.25, -0.2) is 0 Å². The number of carbonyl (C=O) groups is 1. The first-order valence-corrected chi connectivity index (χ1v) is 7.90. The predicted molar refractivity (Wildman–Crippen MR) is 82.8 cm³/mol. The average Bonchev–Trinajstić information content (AvgIpc) is 2.42. The number of aliphatic carboxylic acids is 1. The van der Waals surface area contributed by atoms with Gasteiger partial charge in [-0.2, -0.15) is 0 Å². The number of carboxylic acid groups (broad SMARTS) is 1. The molecule has 0 amide bonds. The highest BCUT2D eigenvalue weighted by Crippen LogP contribution is 2.13. The SMILES string of the molecule is O=C(O)Cc1ccc(OCCN2CCCCCCC2)cc1. The lowest BCUT2D eigenvalue weighted by Crippen LogP contribution is -2.31. The summed E-state index contributed by atoms with van der Waals surface area (Å²) in [6.45, 7) is 4.02. The van der Waals surface area contributed by atoms with Crippen LogP contribution in [0.1, 0.15) is 37.7 Å². The molecule has 0 unspecified atom stereocenters. The lowest BCUT2D eigenvalue weighted by atomic mass is 10.1. The maximum absolute atomic E-state index is 10.6. The van der Waals surface area contributed by atoms with E-state index in [0.29, 0.717) is 6.61 Å². The molecule has 116 valence electrons. The number of rotatable bonds is 6. The van der Waals surface area contributed by atoms with Gasteiger partial charge < -0.3 is 9.84 Å². The van der Waals surface area contributed by atoms with Gasteiger partial charge in [-0.05, 0) is 43.6 Å². The van der Waals surface area contributed by atoms with Gasteiger partial charge >= 0.3 is 5.97 Å². The van der Waals surface area contributed by atoms with Gasteiger partial charge in [-0.15, -0.1) is 0 Å². The summed E-state index contributed by atoms with van der Waals surface area (Å²) in [5.41, 5.74) is 0.804. The van der Waals surface area contributed by atoms with Crippen LogP contribution in [-0.4, -0.2) is 42.2 Å². The van der Waals surface area contributed by atoms with Crippen molar-refractivity contribution in [2.24, 2.45) is 0 Å². The summed E-state index contributed by atoms with van der Waals surface area (Å²) in [5, 5.41) is 8.73. The number of benzene rings is 1. The molecule has 0 radical (unpaired) electrons. The minimum absolute atomic E-state index is 0.0635. The largest absolute Gasteiger partial charge is 0.492 e. The monoisotopic (exact) mass is 291 g/mol. The summed E-state index contributed by atoms with van der Waals surface area (Å²) in [5.74, 6) is 0.0110. The minimum Gasteiger partial charge on any atom is -0.492 e. The second-order valence-corrected chi connectivity index (χ2v) is 5.67. The third-order valence-corrected chi connectivity index (χ3v) is 3.90. The van der Waals surface area contributed by atoms with Crippen molar-refractivity contribution in [3.63, 3.8) is 0 Å². The number of likely N-dealkylation sites (tertiary alicyclic amines) is 1. The van der Waals surface area contributed by atoms with Crippen LogP contribution in [0.4, 0.5) is 0 Å². The van der Waals surface area contributed by atoms with Crippen molar-refractivity contribution in [1.82, 2.24) is 4.90 Å². The lowest BCUT2D eigenvalue weighted by molar-refractivity contribution is -0.136. The van der Waals surface area contributed by atoms with Gasteiger partial charge in [0, 0.05) is 6.54 Å². The van der Waals surface area contributed by atoms with Gasteiger partial charge in [0.1, 0.15) is 12.4 Å². The first kappa shape index (κ1) is 15.8. The molecule has 1 aromatic carbocycles. The van der Waals surface area contributed by atoms with Crippen molar-refractivity contribution in [2.75, 3.05) is 26.2 Å². The van der Waals surface area contributed by atoms with Crippen molar-refractivity contribution in [1.29, 1.82) is 0 Å². The minimum atomic E-state index is -0.805. The number of carboxylic acids is 1. The Hall–Kier alpha value is -1.55. The summed E-state index contributed by atoms with van der Waals surface area (Å²) in [7, 11) is 0. The highest BCUT2D eigenvalue weighted by molar-refractivity contribution is 5.70. The van der Waals surface area contributed by atoms with Crippen LogP contribution in [0, 0.1) is 0 Å². The smallest absolute Gasteiger partial charge is 0.307 e. The van der Waals surface area contributed by atoms with Gasteiger partial charge in [0.25, 0.3) is 0 Å². The molecule has 1 saturated heterocycles. The fourth-order valence-corrected chi connectivity index (χ4v) is 2.71. The number of nitrogens with zero attached hydrogens (tertiary/aromatic N) is 1. The third-order valence-electron chi connectivity index (χ3n) is 3.90. The zero-order valence-corrected chi connectivity index (χ0v) is 12.6. The van der Waals surface area contributed by atoms with Crippen LogP contribution in [0.3, 0.4) is 0 Å². The van der Waals surface area contributed by atoms with Gasteiger partial charge in [0.2, 0.25) is 0 Å². The quantitative estimate of drug-likeness (QED) is 0.875. The lowest BCUT2D eigenvalue weighted by Gasteiger charge is -2.24. The summed E-state index contributed by atoms with van der Waals surface area (Å²) in [6.07, 6.45) is 6.74. The van der Waals surface area contributed by atoms with E-state index < -0.39 is 5.97 Å². The molecule has 0 aliphatic carbocycles. The molecule has 1 fully saturated rings. The van der Waals surface area contributed by atoms with Crippen LogP contribution in [-0.2, 0) is 11.2 Å². The molecule has 0 spiro atoms. The first-order chi connectivity index (χ1) is 10.2. The van der Waals surface area contributed by atoms with Crippen LogP contribution in [0.15, 0.2) is 24.3 Å². The highest BCUT2D eigenvalue weighted by Gasteiger charge is 2.08. The zero-order valence-electron chi connectivity index (χ0n) is 12.6. The maximum Gasteiger partial charge on any atom is 0.307 e. The summed E-state index contributed by atoms with van der Waals surface area (Å²) in [4.78, 5) is 13.1. The third kappa shape index (κ3) is 6.17. The predicted octanol–water partition coefficient (Wildman–Crippen LogP) is 2.96. The van der Waals surface area contributed by atoms with Crippen molar-refractivity contribution in [3.05, 3.63) is 29.8 Å². The van der Waals surface area contributed by atoms with E-state index in [-0.39, 0.29) is 6.42 Å². The van der Waals surface area contributed by atoms with Crippen LogP contribution in [0.25, 0.3) is 0 Å². The summed E-state index contributed by atoms with van der Waals surface area (Å²) < 4.78 is 5.75. The van der Waals surface area contributed by atoms with Crippen molar-refractivity contribution in [2.45, 2.75) is 38.5 Å². The summed E-state index contributed by atoms with van der Waals surface area (Å²) in [6, 6.07) is 7.34. The molecule has 0 aromatic heterocycles. The Morgan fingerprint density at radius 2 is 1.67 bits per heavy atom. The van der Waals surface area contributed by atoms with Gasteiger partial charge in [0.15, 0.2) is 0 Å². The van der Waals surface area contributed by atoms with E-state index in [1.54, 1.807) is 0 Å². The molecule has 0 saturated carbocycles. The molecule has 2 rings (SSSR count). The molecule has 1 heterocycles. The van der Waals surface area contributed by atoms with E-state index in [0.717, 1.165) is 17.9 Å². The van der Waals surface area contributed by atoms with Crippen LogP contribution >= 0.6 is 0 Å². The van der Waals surface area contributed by atoms with E-state index in [9.17, 15) is 4.79 Å². The summed E-state index contributed by atoms with van der Waals surface area (Å²) >= 11 is 0. The Kier molecular flexibility index (Phi) is 6.54.